The van der Waals surface area contributed by atoms with Crippen molar-refractivity contribution in [1.29, 1.82) is 0 Å². The Morgan fingerprint density at radius 3 is 2.84 bits per heavy atom. The topological polar surface area (TPSA) is 29.9 Å². The summed E-state index contributed by atoms with van der Waals surface area (Å²) in [6.45, 7) is 5.52. The van der Waals surface area contributed by atoms with Gasteiger partial charge in [0.05, 0.1) is 17.3 Å². The van der Waals surface area contributed by atoms with Crippen LogP contribution in [0.4, 0.5) is 4.39 Å². The highest BCUT2D eigenvalue weighted by molar-refractivity contribution is 6.30. The lowest BCUT2D eigenvalue weighted by molar-refractivity contribution is 0.558. The fourth-order valence-electron chi connectivity index (χ4n) is 2.06. The minimum Gasteiger partial charge on any atom is -0.306 e. The molecular weight excluding hydrogens is 265 g/mol. The van der Waals surface area contributed by atoms with Gasteiger partial charge in [0.25, 0.3) is 0 Å². The molecule has 0 radical (unpaired) electrons. The number of aromatic nitrogens is 2. The van der Waals surface area contributed by atoms with E-state index < -0.39 is 0 Å². The van der Waals surface area contributed by atoms with E-state index in [1.807, 2.05) is 24.7 Å². The number of halogens is 2. The minimum atomic E-state index is -0.376. The normalized spacial score (nSPS) is 12.6. The van der Waals surface area contributed by atoms with Crippen molar-refractivity contribution in [2.75, 3.05) is 6.54 Å². The number of hydrogen-bond donors (Lipinski definition) is 1. The van der Waals surface area contributed by atoms with Gasteiger partial charge in [-0.05, 0) is 19.5 Å². The molecule has 2 aromatic rings. The van der Waals surface area contributed by atoms with Crippen LogP contribution in [0, 0.1) is 5.82 Å². The van der Waals surface area contributed by atoms with Crippen molar-refractivity contribution in [2.24, 2.45) is 0 Å². The third kappa shape index (κ3) is 2.96. The monoisotopic (exact) mass is 281 g/mol. The van der Waals surface area contributed by atoms with Gasteiger partial charge in [0.2, 0.25) is 0 Å². The molecule has 1 atom stereocenters. The maximum atomic E-state index is 14.2. The molecule has 102 valence electrons. The van der Waals surface area contributed by atoms with E-state index in [0.29, 0.717) is 5.56 Å². The summed E-state index contributed by atoms with van der Waals surface area (Å²) in [6, 6.07) is 4.83. The SMILES string of the molecule is CCNC(c1cnn(CC)c1)c1cccc(Cl)c1F. The van der Waals surface area contributed by atoms with Gasteiger partial charge in [-0.3, -0.25) is 4.68 Å². The predicted molar refractivity (Wildman–Crippen MR) is 74.8 cm³/mol. The molecule has 5 heteroatoms. The highest BCUT2D eigenvalue weighted by Crippen LogP contribution is 2.27. The van der Waals surface area contributed by atoms with Gasteiger partial charge in [-0.25, -0.2) is 4.39 Å². The van der Waals surface area contributed by atoms with Crippen molar-refractivity contribution in [3.8, 4) is 0 Å². The van der Waals surface area contributed by atoms with Crippen molar-refractivity contribution in [2.45, 2.75) is 26.4 Å². The van der Waals surface area contributed by atoms with Crippen LogP contribution < -0.4 is 5.32 Å². The lowest BCUT2D eigenvalue weighted by Gasteiger charge is -2.18. The number of nitrogens with one attached hydrogen (secondary N) is 1. The molecule has 0 aliphatic heterocycles. The molecule has 3 nitrogen and oxygen atoms in total. The Kier molecular flexibility index (Phi) is 4.56. The fourth-order valence-corrected chi connectivity index (χ4v) is 2.24. The number of rotatable bonds is 5. The van der Waals surface area contributed by atoms with Crippen LogP contribution in [-0.2, 0) is 6.54 Å². The highest BCUT2D eigenvalue weighted by Gasteiger charge is 2.19. The predicted octanol–water partition coefficient (Wildman–Crippen LogP) is 3.39. The Morgan fingerprint density at radius 2 is 2.21 bits per heavy atom. The summed E-state index contributed by atoms with van der Waals surface area (Å²) >= 11 is 5.85. The smallest absolute Gasteiger partial charge is 0.146 e. The Balaban J connectivity index is 2.42. The second-order valence-corrected chi connectivity index (χ2v) is 4.67. The van der Waals surface area contributed by atoms with Crippen LogP contribution in [0.2, 0.25) is 5.02 Å². The van der Waals surface area contributed by atoms with Crippen LogP contribution in [0.25, 0.3) is 0 Å². The van der Waals surface area contributed by atoms with Gasteiger partial charge >= 0.3 is 0 Å². The molecule has 0 saturated heterocycles. The molecule has 1 N–H and O–H groups in total. The highest BCUT2D eigenvalue weighted by atomic mass is 35.5. The average molecular weight is 282 g/mol. The summed E-state index contributed by atoms with van der Waals surface area (Å²) in [4.78, 5) is 0. The zero-order chi connectivity index (χ0) is 13.8. The first-order valence-corrected chi connectivity index (χ1v) is 6.74. The van der Waals surface area contributed by atoms with Crippen LogP contribution in [0.3, 0.4) is 0 Å². The van der Waals surface area contributed by atoms with E-state index in [9.17, 15) is 4.39 Å². The standard InChI is InChI=1S/C14H17ClFN3/c1-3-17-14(10-8-18-19(4-2)9-10)11-6-5-7-12(15)13(11)16/h5-9,14,17H,3-4H2,1-2H3. The molecule has 1 heterocycles. The Hall–Kier alpha value is -1.39. The zero-order valence-electron chi connectivity index (χ0n) is 11.0. The van der Waals surface area contributed by atoms with Crippen LogP contribution in [0.1, 0.15) is 31.0 Å². The van der Waals surface area contributed by atoms with Gasteiger partial charge in [0, 0.05) is 23.9 Å². The van der Waals surface area contributed by atoms with Gasteiger partial charge in [0.15, 0.2) is 0 Å². The summed E-state index contributed by atoms with van der Waals surface area (Å²) in [7, 11) is 0. The van der Waals surface area contributed by atoms with Crippen LogP contribution in [0.15, 0.2) is 30.6 Å². The van der Waals surface area contributed by atoms with Gasteiger partial charge in [-0.1, -0.05) is 30.7 Å². The van der Waals surface area contributed by atoms with Gasteiger partial charge in [0.1, 0.15) is 5.82 Å². The van der Waals surface area contributed by atoms with E-state index in [4.69, 9.17) is 11.6 Å². The quantitative estimate of drug-likeness (QED) is 0.910. The third-order valence-electron chi connectivity index (χ3n) is 3.01. The average Bonchev–Trinajstić information content (AvgIpc) is 2.88. The molecule has 0 fully saturated rings. The van der Waals surface area contributed by atoms with Crippen LogP contribution in [-0.4, -0.2) is 16.3 Å². The lowest BCUT2D eigenvalue weighted by atomic mass is 10.0. The van der Waals surface area contributed by atoms with Crippen molar-refractivity contribution < 1.29 is 4.39 Å². The van der Waals surface area contributed by atoms with Crippen LogP contribution in [0.5, 0.6) is 0 Å². The van der Waals surface area contributed by atoms with Crippen molar-refractivity contribution in [3.05, 3.63) is 52.6 Å². The van der Waals surface area contributed by atoms with Gasteiger partial charge in [-0.2, -0.15) is 5.10 Å². The van der Waals surface area contributed by atoms with E-state index in [1.54, 1.807) is 24.4 Å². The fraction of sp³-hybridized carbons (Fsp3) is 0.357. The number of aryl methyl sites for hydroxylation is 1. The summed E-state index contributed by atoms with van der Waals surface area (Å²) in [5.74, 6) is -0.376. The molecule has 0 saturated carbocycles. The van der Waals surface area contributed by atoms with Crippen molar-refractivity contribution in [1.82, 2.24) is 15.1 Å². The summed E-state index contributed by atoms with van der Waals surface area (Å²) < 4.78 is 16.0. The molecule has 1 unspecified atom stereocenters. The molecule has 0 spiro atoms. The van der Waals surface area contributed by atoms with E-state index in [0.717, 1.165) is 18.7 Å². The number of nitrogens with zero attached hydrogens (tertiary/aromatic N) is 2. The molecule has 2 rings (SSSR count). The maximum absolute atomic E-state index is 14.2. The number of benzene rings is 1. The van der Waals surface area contributed by atoms with E-state index in [-0.39, 0.29) is 16.9 Å². The first kappa shape index (κ1) is 14.0. The number of hydrogen-bond acceptors (Lipinski definition) is 2. The van der Waals surface area contributed by atoms with Crippen molar-refractivity contribution >= 4 is 11.6 Å². The van der Waals surface area contributed by atoms with E-state index in [1.165, 1.54) is 0 Å². The van der Waals surface area contributed by atoms with Gasteiger partial charge < -0.3 is 5.32 Å². The molecule has 1 aromatic heterocycles. The lowest BCUT2D eigenvalue weighted by Crippen LogP contribution is -2.22. The second kappa shape index (κ2) is 6.17. The largest absolute Gasteiger partial charge is 0.306 e. The van der Waals surface area contributed by atoms with E-state index >= 15 is 0 Å². The Morgan fingerprint density at radius 1 is 1.42 bits per heavy atom. The first-order valence-electron chi connectivity index (χ1n) is 6.37. The van der Waals surface area contributed by atoms with Crippen molar-refractivity contribution in [3.63, 3.8) is 0 Å². The second-order valence-electron chi connectivity index (χ2n) is 4.26. The summed E-state index contributed by atoms with van der Waals surface area (Å²) in [5, 5.41) is 7.65. The molecular formula is C14H17ClFN3. The molecule has 19 heavy (non-hydrogen) atoms. The molecule has 0 aliphatic carbocycles. The maximum Gasteiger partial charge on any atom is 0.146 e. The molecule has 1 aromatic carbocycles. The third-order valence-corrected chi connectivity index (χ3v) is 3.30. The zero-order valence-corrected chi connectivity index (χ0v) is 11.8. The van der Waals surface area contributed by atoms with Gasteiger partial charge in [-0.15, -0.1) is 0 Å². The van der Waals surface area contributed by atoms with E-state index in [2.05, 4.69) is 10.4 Å². The molecule has 0 aliphatic rings. The summed E-state index contributed by atoms with van der Waals surface area (Å²) in [6.07, 6.45) is 3.69. The molecule has 0 bridgehead atoms. The minimum absolute atomic E-state index is 0.142. The molecule has 0 amide bonds. The Bertz CT molecular complexity index is 553. The van der Waals surface area contributed by atoms with Crippen LogP contribution >= 0.6 is 11.6 Å². The Labute approximate surface area is 117 Å². The summed E-state index contributed by atoms with van der Waals surface area (Å²) in [5.41, 5.74) is 1.48. The first-order chi connectivity index (χ1) is 9.17.